The number of benzene rings is 3. The van der Waals surface area contributed by atoms with Crippen LogP contribution in [0.2, 0.25) is 10.0 Å². The largest absolute Gasteiger partial charge is 0.328 e. The van der Waals surface area contributed by atoms with Crippen LogP contribution in [-0.4, -0.2) is 29.7 Å². The van der Waals surface area contributed by atoms with E-state index in [0.29, 0.717) is 40.4 Å². The Balaban J connectivity index is 1.63. The Labute approximate surface area is 249 Å². The molecule has 1 aliphatic carbocycles. The van der Waals surface area contributed by atoms with Gasteiger partial charge in [-0.15, -0.1) is 0 Å². The lowest BCUT2D eigenvalue weighted by Gasteiger charge is -2.41. The summed E-state index contributed by atoms with van der Waals surface area (Å²) < 4.78 is 15.8. The van der Waals surface area contributed by atoms with Gasteiger partial charge in [0.05, 0.1) is 11.1 Å². The topological polar surface area (TPSA) is 87.3 Å². The quantitative estimate of drug-likeness (QED) is 0.186. The fraction of sp³-hybridized carbons (Fsp3) is 0.344. The number of rotatable bonds is 8. The van der Waals surface area contributed by atoms with E-state index in [1.54, 1.807) is 55.5 Å². The van der Waals surface area contributed by atoms with E-state index in [0.717, 1.165) is 37.7 Å². The van der Waals surface area contributed by atoms with Gasteiger partial charge >= 0.3 is 0 Å². The zero-order valence-electron chi connectivity index (χ0n) is 22.7. The van der Waals surface area contributed by atoms with Crippen LogP contribution in [0.3, 0.4) is 0 Å². The van der Waals surface area contributed by atoms with Crippen molar-refractivity contribution in [2.75, 3.05) is 10.6 Å². The summed E-state index contributed by atoms with van der Waals surface area (Å²) >= 11 is 12.6. The van der Waals surface area contributed by atoms with Gasteiger partial charge in [-0.05, 0) is 66.4 Å². The molecule has 0 aromatic heterocycles. The Kier molecular flexibility index (Phi) is 8.78. The van der Waals surface area contributed by atoms with Crippen molar-refractivity contribution in [3.8, 4) is 0 Å². The first-order valence-electron chi connectivity index (χ1n) is 13.9. The number of carbonyl (C=O) groups is 3. The molecule has 214 valence electrons. The molecule has 41 heavy (non-hydrogen) atoms. The summed E-state index contributed by atoms with van der Waals surface area (Å²) in [5.41, 5.74) is 2.19. The normalized spacial score (nSPS) is 21.4. The maximum atomic E-state index is 15.8. The minimum absolute atomic E-state index is 0.0154. The number of anilines is 2. The predicted molar refractivity (Wildman–Crippen MR) is 160 cm³/mol. The fourth-order valence-electron chi connectivity index (χ4n) is 6.67. The molecule has 2 fully saturated rings. The Hall–Kier alpha value is -3.26. The molecule has 1 saturated heterocycles. The maximum absolute atomic E-state index is 15.8. The standard InChI is InChI=1S/C32H32Cl2FN3O3/c1-2-26(40)19-9-12-21(13-10-19)37-31(41)30-27(23-7-6-8-24(34)29(23)35)28(32(38-30)15-4-3-5-16-32)22-14-11-20(33)17-25(22)36-18-39/h6-14,17-18,27-28,30,38H,2-5,15-16H2,1H3,(H,36,39)(H,37,41)/t27-,28?,30-/m1/s1. The number of Topliss-reactive ketones (excluding diaryl/α,β-unsaturated/α-hetero) is 1. The van der Waals surface area contributed by atoms with Crippen LogP contribution in [0, 0.1) is 5.82 Å². The van der Waals surface area contributed by atoms with Crippen LogP contribution >= 0.6 is 23.2 Å². The van der Waals surface area contributed by atoms with Crippen LogP contribution in [0.25, 0.3) is 0 Å². The van der Waals surface area contributed by atoms with E-state index in [-0.39, 0.29) is 22.6 Å². The third-order valence-electron chi connectivity index (χ3n) is 8.49. The first kappa shape index (κ1) is 29.2. The zero-order chi connectivity index (χ0) is 29.1. The minimum Gasteiger partial charge on any atom is -0.328 e. The number of hydrogen-bond donors (Lipinski definition) is 3. The van der Waals surface area contributed by atoms with Gasteiger partial charge in [0.15, 0.2) is 5.78 Å². The smallest absolute Gasteiger partial charge is 0.242 e. The Bertz CT molecular complexity index is 1460. The highest BCUT2D eigenvalue weighted by molar-refractivity contribution is 6.31. The van der Waals surface area contributed by atoms with Gasteiger partial charge in [0.25, 0.3) is 0 Å². The number of carbonyl (C=O) groups excluding carboxylic acids is 3. The Morgan fingerprint density at radius 1 is 1.02 bits per heavy atom. The summed E-state index contributed by atoms with van der Waals surface area (Å²) in [5.74, 6) is -1.91. The second kappa shape index (κ2) is 12.3. The first-order valence-corrected chi connectivity index (χ1v) is 14.7. The molecule has 1 spiro atoms. The molecular weight excluding hydrogens is 564 g/mol. The Morgan fingerprint density at radius 2 is 1.76 bits per heavy atom. The maximum Gasteiger partial charge on any atom is 0.242 e. The summed E-state index contributed by atoms with van der Waals surface area (Å²) in [4.78, 5) is 37.7. The number of amides is 2. The molecule has 1 unspecified atom stereocenters. The van der Waals surface area contributed by atoms with Crippen molar-refractivity contribution < 1.29 is 18.8 Å². The van der Waals surface area contributed by atoms with E-state index in [1.807, 2.05) is 6.07 Å². The third-order valence-corrected chi connectivity index (χ3v) is 9.01. The molecule has 2 amide bonds. The van der Waals surface area contributed by atoms with Crippen LogP contribution in [0.15, 0.2) is 60.7 Å². The van der Waals surface area contributed by atoms with E-state index in [1.165, 1.54) is 6.07 Å². The van der Waals surface area contributed by atoms with Gasteiger partial charge in [0.2, 0.25) is 12.3 Å². The van der Waals surface area contributed by atoms with Crippen molar-refractivity contribution in [1.29, 1.82) is 0 Å². The molecule has 3 N–H and O–H groups in total. The molecule has 0 bridgehead atoms. The van der Waals surface area contributed by atoms with Crippen LogP contribution < -0.4 is 16.0 Å². The Morgan fingerprint density at radius 3 is 2.44 bits per heavy atom. The van der Waals surface area contributed by atoms with Crippen LogP contribution in [0.5, 0.6) is 0 Å². The molecule has 6 nitrogen and oxygen atoms in total. The zero-order valence-corrected chi connectivity index (χ0v) is 24.2. The minimum atomic E-state index is -0.817. The number of halogens is 3. The van der Waals surface area contributed by atoms with Crippen LogP contribution in [0.4, 0.5) is 15.8 Å². The van der Waals surface area contributed by atoms with Gasteiger partial charge in [-0.1, -0.05) is 67.6 Å². The number of nitrogens with one attached hydrogen (secondary N) is 3. The average molecular weight is 597 g/mol. The van der Waals surface area contributed by atoms with Gasteiger partial charge in [0, 0.05) is 45.8 Å². The van der Waals surface area contributed by atoms with Gasteiger partial charge in [-0.25, -0.2) is 4.39 Å². The van der Waals surface area contributed by atoms with Crippen molar-refractivity contribution in [3.05, 3.63) is 93.2 Å². The number of ketones is 1. The second-order valence-corrected chi connectivity index (χ2v) is 11.7. The van der Waals surface area contributed by atoms with Gasteiger partial charge in [-0.3, -0.25) is 19.7 Å². The number of hydrogen-bond acceptors (Lipinski definition) is 4. The summed E-state index contributed by atoms with van der Waals surface area (Å²) in [6.07, 6.45) is 5.48. The highest BCUT2D eigenvalue weighted by Crippen LogP contribution is 2.56. The first-order chi connectivity index (χ1) is 19.8. The molecule has 1 saturated carbocycles. The van der Waals surface area contributed by atoms with E-state index < -0.39 is 23.3 Å². The molecule has 3 aromatic carbocycles. The SMILES string of the molecule is CCC(=O)c1ccc(NC(=O)[C@@H]2NC3(CCCCC3)C(c3ccc(Cl)cc3NC=O)[C@H]2c2cccc(Cl)c2F)cc1. The van der Waals surface area contributed by atoms with E-state index >= 15 is 4.39 Å². The molecule has 5 rings (SSSR count). The van der Waals surface area contributed by atoms with E-state index in [4.69, 9.17) is 23.2 Å². The summed E-state index contributed by atoms with van der Waals surface area (Å²) in [6, 6.07) is 16.1. The molecule has 1 heterocycles. The fourth-order valence-corrected chi connectivity index (χ4v) is 7.03. The summed E-state index contributed by atoms with van der Waals surface area (Å²) in [6.45, 7) is 1.80. The molecular formula is C32H32Cl2FN3O3. The van der Waals surface area contributed by atoms with Gasteiger partial charge in [-0.2, -0.15) is 0 Å². The summed E-state index contributed by atoms with van der Waals surface area (Å²) in [7, 11) is 0. The molecule has 0 radical (unpaired) electrons. The van der Waals surface area contributed by atoms with Crippen molar-refractivity contribution in [3.63, 3.8) is 0 Å². The van der Waals surface area contributed by atoms with Crippen molar-refractivity contribution >= 4 is 52.7 Å². The third kappa shape index (κ3) is 5.76. The van der Waals surface area contributed by atoms with Crippen molar-refractivity contribution in [2.24, 2.45) is 0 Å². The van der Waals surface area contributed by atoms with Crippen molar-refractivity contribution in [1.82, 2.24) is 5.32 Å². The van der Waals surface area contributed by atoms with Gasteiger partial charge in [0.1, 0.15) is 5.82 Å². The highest BCUT2D eigenvalue weighted by Gasteiger charge is 2.57. The van der Waals surface area contributed by atoms with E-state index in [9.17, 15) is 14.4 Å². The lowest BCUT2D eigenvalue weighted by atomic mass is 9.66. The van der Waals surface area contributed by atoms with E-state index in [2.05, 4.69) is 16.0 Å². The molecule has 3 aromatic rings. The lowest BCUT2D eigenvalue weighted by Crippen LogP contribution is -2.50. The molecule has 1 aliphatic heterocycles. The lowest BCUT2D eigenvalue weighted by molar-refractivity contribution is -0.118. The monoisotopic (exact) mass is 595 g/mol. The van der Waals surface area contributed by atoms with Crippen LogP contribution in [0.1, 0.15) is 78.8 Å². The average Bonchev–Trinajstić information content (AvgIpc) is 3.28. The highest BCUT2D eigenvalue weighted by atomic mass is 35.5. The predicted octanol–water partition coefficient (Wildman–Crippen LogP) is 7.47. The van der Waals surface area contributed by atoms with Crippen molar-refractivity contribution in [2.45, 2.75) is 68.9 Å². The van der Waals surface area contributed by atoms with Crippen LogP contribution in [-0.2, 0) is 9.59 Å². The molecule has 3 atom stereocenters. The molecule has 2 aliphatic rings. The summed E-state index contributed by atoms with van der Waals surface area (Å²) in [5, 5.41) is 9.85. The molecule has 9 heteroatoms. The van der Waals surface area contributed by atoms with Gasteiger partial charge < -0.3 is 10.6 Å². The second-order valence-electron chi connectivity index (χ2n) is 10.8.